The number of aromatic nitrogens is 1. The van der Waals surface area contributed by atoms with Gasteiger partial charge in [-0.05, 0) is 73.4 Å². The molecule has 2 aromatic carbocycles. The number of carbonyl (C=O) groups is 2. The first-order chi connectivity index (χ1) is 21.4. The number of ether oxygens (including phenoxy) is 1. The number of nitrogens with zero attached hydrogens (tertiary/aromatic N) is 2. The zero-order chi connectivity index (χ0) is 31.9. The first kappa shape index (κ1) is 31.5. The summed E-state index contributed by atoms with van der Waals surface area (Å²) in [7, 11) is -3.74. The highest BCUT2D eigenvalue weighted by atomic mass is 32.2. The molecular formula is C33H42FN5O5S. The second-order valence-electron chi connectivity index (χ2n) is 13.4. The molecule has 6 rings (SSSR count). The van der Waals surface area contributed by atoms with Crippen molar-refractivity contribution in [3.8, 4) is 11.1 Å². The minimum Gasteiger partial charge on any atom is -0.382 e. The van der Waals surface area contributed by atoms with Crippen LogP contribution in [0.3, 0.4) is 0 Å². The number of rotatable bonds is 8. The number of nitrogens with two attached hydrogens (primary N) is 1. The number of hydrogen-bond donors (Lipinski definition) is 3. The molecule has 242 valence electrons. The van der Waals surface area contributed by atoms with Crippen LogP contribution in [0, 0.1) is 17.2 Å². The average molecular weight is 640 g/mol. The number of benzene rings is 2. The second kappa shape index (κ2) is 12.4. The fraction of sp³-hybridized carbons (Fsp3) is 0.515. The van der Waals surface area contributed by atoms with E-state index in [1.54, 1.807) is 18.2 Å². The molecule has 2 fully saturated rings. The summed E-state index contributed by atoms with van der Waals surface area (Å²) in [4.78, 5) is 27.6. The van der Waals surface area contributed by atoms with Gasteiger partial charge < -0.3 is 21.1 Å². The molecule has 4 N–H and O–H groups in total. The molecule has 45 heavy (non-hydrogen) atoms. The molecule has 2 aliphatic heterocycles. The van der Waals surface area contributed by atoms with E-state index in [0.29, 0.717) is 51.9 Å². The summed E-state index contributed by atoms with van der Waals surface area (Å²) in [5, 5.41) is 7.24. The lowest BCUT2D eigenvalue weighted by atomic mass is 9.85. The zero-order valence-corrected chi connectivity index (χ0v) is 26.7. The van der Waals surface area contributed by atoms with Crippen molar-refractivity contribution >= 4 is 38.4 Å². The summed E-state index contributed by atoms with van der Waals surface area (Å²) in [6.07, 6.45) is 3.43. The van der Waals surface area contributed by atoms with Crippen molar-refractivity contribution < 1.29 is 27.1 Å². The van der Waals surface area contributed by atoms with Crippen LogP contribution in [0.5, 0.6) is 0 Å². The second-order valence-corrected chi connectivity index (χ2v) is 15.2. The number of fused-ring (bicyclic) bond motifs is 3. The van der Waals surface area contributed by atoms with Crippen molar-refractivity contribution in [2.45, 2.75) is 52.0 Å². The van der Waals surface area contributed by atoms with Crippen molar-refractivity contribution in [3.05, 3.63) is 53.5 Å². The zero-order valence-electron chi connectivity index (χ0n) is 25.9. The Morgan fingerprint density at radius 2 is 1.80 bits per heavy atom. The van der Waals surface area contributed by atoms with Crippen LogP contribution in [0.2, 0.25) is 0 Å². The highest BCUT2D eigenvalue weighted by Gasteiger charge is 2.39. The van der Waals surface area contributed by atoms with Gasteiger partial charge in [0.05, 0.1) is 30.0 Å². The van der Waals surface area contributed by atoms with Crippen LogP contribution in [0.1, 0.15) is 55.6 Å². The third-order valence-corrected chi connectivity index (χ3v) is 11.5. The van der Waals surface area contributed by atoms with E-state index in [9.17, 15) is 22.4 Å². The lowest BCUT2D eigenvalue weighted by Gasteiger charge is -2.32. The number of amides is 2. The molecule has 3 heterocycles. The van der Waals surface area contributed by atoms with Crippen LogP contribution in [-0.4, -0.2) is 80.3 Å². The van der Waals surface area contributed by atoms with Gasteiger partial charge in [0.25, 0.3) is 5.91 Å². The summed E-state index contributed by atoms with van der Waals surface area (Å²) < 4.78 is 48.0. The molecule has 0 spiro atoms. The van der Waals surface area contributed by atoms with Crippen LogP contribution in [0.4, 0.5) is 10.1 Å². The number of primary amides is 1. The molecule has 0 unspecified atom stereocenters. The van der Waals surface area contributed by atoms with Crippen LogP contribution >= 0.6 is 0 Å². The Morgan fingerprint density at radius 3 is 2.51 bits per heavy atom. The standard InChI is InChI=1S/C33H42FN5O5S/c1-33(2)19-29-30(26-10-6-23(34)18-28(26)39(29)45(42,43)20-33)22-5-9-25(31(35)40)27(17-22)37-24-7-3-21(4-8-24)32(41)36-11-12-38-13-15-44-16-14-38/h5-6,9-10,17-18,21,24,37H,3-4,7-8,11-16,19-20H2,1-2H3,(H2,35,40)(H,36,41). The van der Waals surface area contributed by atoms with Gasteiger partial charge in [-0.1, -0.05) is 19.9 Å². The van der Waals surface area contributed by atoms with Gasteiger partial charge in [0.1, 0.15) is 5.82 Å². The molecular weight excluding hydrogens is 597 g/mol. The SMILES string of the molecule is CC1(C)Cc2c(-c3ccc(C(N)=O)c(NC4CCC(C(=O)NCCN5CCOCC5)CC4)c3)c3ccc(F)cc3n2S(=O)(=O)C1. The molecule has 12 heteroatoms. The van der Waals surface area contributed by atoms with Gasteiger partial charge in [0, 0.05) is 60.5 Å². The predicted octanol–water partition coefficient (Wildman–Crippen LogP) is 3.73. The van der Waals surface area contributed by atoms with E-state index in [1.165, 1.54) is 16.1 Å². The first-order valence-corrected chi connectivity index (χ1v) is 17.4. The first-order valence-electron chi connectivity index (χ1n) is 15.8. The summed E-state index contributed by atoms with van der Waals surface area (Å²) in [6.45, 7) is 8.51. The Morgan fingerprint density at radius 1 is 1.07 bits per heavy atom. The smallest absolute Gasteiger partial charge is 0.250 e. The van der Waals surface area contributed by atoms with Crippen molar-refractivity contribution in [2.75, 3.05) is 50.5 Å². The number of hydrogen-bond acceptors (Lipinski definition) is 7. The molecule has 2 amide bonds. The lowest BCUT2D eigenvalue weighted by Crippen LogP contribution is -2.43. The molecule has 1 aliphatic carbocycles. The highest BCUT2D eigenvalue weighted by molar-refractivity contribution is 7.90. The average Bonchev–Trinajstić information content (AvgIpc) is 3.30. The van der Waals surface area contributed by atoms with Gasteiger partial charge in [-0.25, -0.2) is 16.8 Å². The molecule has 10 nitrogen and oxygen atoms in total. The lowest BCUT2D eigenvalue weighted by molar-refractivity contribution is -0.126. The summed E-state index contributed by atoms with van der Waals surface area (Å²) in [5.41, 5.74) is 8.49. The summed E-state index contributed by atoms with van der Waals surface area (Å²) in [5.74, 6) is -1.11. The van der Waals surface area contributed by atoms with E-state index in [2.05, 4.69) is 15.5 Å². The summed E-state index contributed by atoms with van der Waals surface area (Å²) >= 11 is 0. The van der Waals surface area contributed by atoms with E-state index in [-0.39, 0.29) is 23.6 Å². The van der Waals surface area contributed by atoms with Crippen LogP contribution in [0.25, 0.3) is 22.0 Å². The molecule has 3 aromatic rings. The van der Waals surface area contributed by atoms with Crippen LogP contribution < -0.4 is 16.4 Å². The number of anilines is 1. The topological polar surface area (TPSA) is 136 Å². The van der Waals surface area contributed by atoms with E-state index >= 15 is 0 Å². The number of halogens is 1. The van der Waals surface area contributed by atoms with Gasteiger partial charge in [-0.2, -0.15) is 0 Å². The van der Waals surface area contributed by atoms with E-state index in [4.69, 9.17) is 10.5 Å². The predicted molar refractivity (Wildman–Crippen MR) is 172 cm³/mol. The number of carbonyl (C=O) groups excluding carboxylic acids is 2. The maximum atomic E-state index is 14.4. The normalized spacial score (nSPS) is 22.9. The van der Waals surface area contributed by atoms with Gasteiger partial charge in [0.2, 0.25) is 15.9 Å². The maximum Gasteiger partial charge on any atom is 0.250 e. The molecule has 3 aliphatic rings. The Kier molecular flexibility index (Phi) is 8.66. The Hall–Kier alpha value is -3.48. The molecule has 1 saturated heterocycles. The highest BCUT2D eigenvalue weighted by Crippen LogP contribution is 2.44. The van der Waals surface area contributed by atoms with Gasteiger partial charge in [0.15, 0.2) is 0 Å². The van der Waals surface area contributed by atoms with Gasteiger partial charge in [-0.15, -0.1) is 0 Å². The van der Waals surface area contributed by atoms with E-state index in [0.717, 1.165) is 58.5 Å². The Bertz CT molecular complexity index is 1720. The van der Waals surface area contributed by atoms with Gasteiger partial charge in [-0.3, -0.25) is 14.5 Å². The fourth-order valence-corrected chi connectivity index (χ4v) is 9.37. The van der Waals surface area contributed by atoms with Crippen LogP contribution in [-0.2, 0) is 26.0 Å². The Labute approximate surface area is 263 Å². The minimum atomic E-state index is -3.74. The number of nitrogens with one attached hydrogen (secondary N) is 2. The Balaban J connectivity index is 1.22. The van der Waals surface area contributed by atoms with Crippen molar-refractivity contribution in [1.82, 2.24) is 14.2 Å². The van der Waals surface area contributed by atoms with Crippen LogP contribution in [0.15, 0.2) is 36.4 Å². The molecule has 0 radical (unpaired) electrons. The molecule has 0 atom stereocenters. The van der Waals surface area contributed by atoms with Gasteiger partial charge >= 0.3 is 0 Å². The molecule has 0 bridgehead atoms. The van der Waals surface area contributed by atoms with E-state index in [1.807, 2.05) is 19.9 Å². The molecule has 1 saturated carbocycles. The van der Waals surface area contributed by atoms with Crippen molar-refractivity contribution in [2.24, 2.45) is 17.1 Å². The van der Waals surface area contributed by atoms with E-state index < -0.39 is 27.2 Å². The largest absolute Gasteiger partial charge is 0.382 e. The third-order valence-electron chi connectivity index (χ3n) is 9.34. The quantitative estimate of drug-likeness (QED) is 0.342. The summed E-state index contributed by atoms with van der Waals surface area (Å²) in [6, 6.07) is 9.54. The molecule has 1 aromatic heterocycles. The maximum absolute atomic E-state index is 14.4. The van der Waals surface area contributed by atoms with Crippen molar-refractivity contribution in [3.63, 3.8) is 0 Å². The third kappa shape index (κ3) is 6.59. The van der Waals surface area contributed by atoms with Crippen molar-refractivity contribution in [1.29, 1.82) is 0 Å². The number of morpholine rings is 1. The monoisotopic (exact) mass is 639 g/mol. The fourth-order valence-electron chi connectivity index (χ4n) is 7.21. The minimum absolute atomic E-state index is 0.0313.